The smallest absolute Gasteiger partial charge is 0.227 e. The van der Waals surface area contributed by atoms with Crippen molar-refractivity contribution in [3.05, 3.63) is 33.8 Å². The van der Waals surface area contributed by atoms with Gasteiger partial charge in [0.05, 0.1) is 16.5 Å². The third-order valence-corrected chi connectivity index (χ3v) is 9.37. The maximum absolute atomic E-state index is 13.1. The summed E-state index contributed by atoms with van der Waals surface area (Å²) in [4.78, 5) is 17.8. The Balaban J connectivity index is 1.48. The molecule has 3 nitrogen and oxygen atoms in total. The van der Waals surface area contributed by atoms with Crippen LogP contribution in [0.3, 0.4) is 0 Å². The van der Waals surface area contributed by atoms with E-state index in [1.807, 2.05) is 24.1 Å². The Morgan fingerprint density at radius 2 is 2.00 bits per heavy atom. The number of rotatable bonds is 4. The molecule has 2 heterocycles. The summed E-state index contributed by atoms with van der Waals surface area (Å²) in [5, 5.41) is 1.05. The molecule has 0 N–H and O–H groups in total. The van der Waals surface area contributed by atoms with Crippen LogP contribution in [-0.2, 0) is 11.2 Å². The molecule has 1 aromatic rings. The molecule has 28 heavy (non-hydrogen) atoms. The van der Waals surface area contributed by atoms with Gasteiger partial charge in [-0.3, -0.25) is 9.69 Å². The fraction of sp³-hybridized carbons (Fsp3) is 0.682. The third kappa shape index (κ3) is 4.35. The van der Waals surface area contributed by atoms with Gasteiger partial charge in [0.15, 0.2) is 0 Å². The van der Waals surface area contributed by atoms with Crippen molar-refractivity contribution in [1.82, 2.24) is 9.80 Å². The fourth-order valence-electron chi connectivity index (χ4n) is 5.37. The molecule has 1 amide bonds. The summed E-state index contributed by atoms with van der Waals surface area (Å²) in [6.45, 7) is 2.38. The number of nitrogens with zero attached hydrogens (tertiary/aromatic N) is 2. The zero-order valence-electron chi connectivity index (χ0n) is 16.6. The van der Waals surface area contributed by atoms with E-state index < -0.39 is 0 Å². The normalized spacial score (nSPS) is 30.8. The minimum Gasteiger partial charge on any atom is -0.341 e. The predicted octanol–water partition coefficient (Wildman–Crippen LogP) is 5.28. The van der Waals surface area contributed by atoms with Gasteiger partial charge < -0.3 is 4.90 Å². The summed E-state index contributed by atoms with van der Waals surface area (Å²) in [6.07, 6.45) is 9.30. The van der Waals surface area contributed by atoms with E-state index in [2.05, 4.69) is 16.7 Å². The molecule has 154 valence electrons. The van der Waals surface area contributed by atoms with Gasteiger partial charge in [0.1, 0.15) is 0 Å². The van der Waals surface area contributed by atoms with Crippen molar-refractivity contribution in [3.63, 3.8) is 0 Å². The van der Waals surface area contributed by atoms with Crippen molar-refractivity contribution in [1.29, 1.82) is 0 Å². The Kier molecular flexibility index (Phi) is 6.51. The lowest BCUT2D eigenvalue weighted by Gasteiger charge is -2.48. The molecule has 1 aliphatic carbocycles. The number of likely N-dealkylation sites (tertiary alicyclic amines) is 1. The van der Waals surface area contributed by atoms with Crippen LogP contribution in [0, 0.1) is 0 Å². The Bertz CT molecular complexity index is 716. The van der Waals surface area contributed by atoms with Crippen LogP contribution in [0.25, 0.3) is 0 Å². The van der Waals surface area contributed by atoms with Crippen LogP contribution < -0.4 is 0 Å². The van der Waals surface area contributed by atoms with Crippen LogP contribution in [0.2, 0.25) is 10.0 Å². The van der Waals surface area contributed by atoms with Crippen molar-refractivity contribution in [2.45, 2.75) is 68.2 Å². The zero-order valence-corrected chi connectivity index (χ0v) is 19.0. The quantitative estimate of drug-likeness (QED) is 0.636. The molecule has 0 bridgehead atoms. The van der Waals surface area contributed by atoms with Crippen LogP contribution in [-0.4, -0.2) is 58.4 Å². The van der Waals surface area contributed by atoms with E-state index in [-0.39, 0.29) is 5.91 Å². The second kappa shape index (κ2) is 8.75. The zero-order chi connectivity index (χ0) is 19.7. The number of hydrogen-bond donors (Lipinski definition) is 0. The van der Waals surface area contributed by atoms with Crippen LogP contribution in [0.5, 0.6) is 0 Å². The summed E-state index contributed by atoms with van der Waals surface area (Å²) in [5.41, 5.74) is 0.933. The van der Waals surface area contributed by atoms with E-state index in [1.54, 1.807) is 6.07 Å². The lowest BCUT2D eigenvalue weighted by Crippen LogP contribution is -2.57. The summed E-state index contributed by atoms with van der Waals surface area (Å²) in [5.74, 6) is 1.49. The molecule has 6 heteroatoms. The lowest BCUT2D eigenvalue weighted by molar-refractivity contribution is -0.133. The first-order valence-corrected chi connectivity index (χ1v) is 12.3. The Morgan fingerprint density at radius 3 is 2.68 bits per heavy atom. The molecule has 1 spiro atoms. The Hall–Kier alpha value is -0.420. The summed E-state index contributed by atoms with van der Waals surface area (Å²) in [6, 6.07) is 6.33. The van der Waals surface area contributed by atoms with E-state index in [4.69, 9.17) is 23.2 Å². The molecule has 1 unspecified atom stereocenters. The highest BCUT2D eigenvalue weighted by atomic mass is 35.5. The third-order valence-electron chi connectivity index (χ3n) is 6.95. The summed E-state index contributed by atoms with van der Waals surface area (Å²) < 4.78 is 0.470. The van der Waals surface area contributed by atoms with Crippen LogP contribution >= 0.6 is 35.0 Å². The molecule has 1 aromatic carbocycles. The lowest BCUT2D eigenvalue weighted by atomic mass is 9.78. The van der Waals surface area contributed by atoms with Gasteiger partial charge in [0.2, 0.25) is 5.91 Å². The van der Waals surface area contributed by atoms with Gasteiger partial charge in [-0.2, -0.15) is 11.8 Å². The van der Waals surface area contributed by atoms with E-state index in [1.165, 1.54) is 57.4 Å². The number of likely N-dealkylation sites (N-methyl/N-ethyl adjacent to an activating group) is 1. The average molecular weight is 441 g/mol. The van der Waals surface area contributed by atoms with Crippen molar-refractivity contribution in [2.24, 2.45) is 0 Å². The van der Waals surface area contributed by atoms with Gasteiger partial charge in [0, 0.05) is 23.9 Å². The number of halogens is 2. The number of amides is 1. The second-order valence-electron chi connectivity index (χ2n) is 8.69. The molecule has 2 aliphatic heterocycles. The molecule has 3 fully saturated rings. The van der Waals surface area contributed by atoms with E-state index >= 15 is 0 Å². The van der Waals surface area contributed by atoms with Gasteiger partial charge in [0.25, 0.3) is 0 Å². The monoisotopic (exact) mass is 440 g/mol. The maximum Gasteiger partial charge on any atom is 0.227 e. The number of hydrogen-bond acceptors (Lipinski definition) is 3. The van der Waals surface area contributed by atoms with Gasteiger partial charge in [-0.1, -0.05) is 29.3 Å². The molecule has 4 rings (SSSR count). The van der Waals surface area contributed by atoms with Crippen LogP contribution in [0.4, 0.5) is 0 Å². The molecule has 1 saturated carbocycles. The number of thioether (sulfide) groups is 1. The fourth-order valence-corrected chi connectivity index (χ4v) is 7.25. The average Bonchev–Trinajstić information content (AvgIpc) is 3.37. The summed E-state index contributed by atoms with van der Waals surface area (Å²) in [7, 11) is 2.01. The highest BCUT2D eigenvalue weighted by Crippen LogP contribution is 2.50. The van der Waals surface area contributed by atoms with Crippen LogP contribution in [0.15, 0.2) is 18.2 Å². The Morgan fingerprint density at radius 1 is 1.21 bits per heavy atom. The molecule has 2 saturated heterocycles. The standard InChI is InChI=1S/C22H30Cl2N2OS/c1-25(21(27)14-16-5-6-17(23)18(24)13-16)19-7-9-22(8-4-12-28-22)15-20(19)26-10-2-3-11-26/h5-6,13,19-20H,2-4,7-12,14-15H2,1H3/t19-,20-,22?/m1/s1. The largest absolute Gasteiger partial charge is 0.341 e. The predicted molar refractivity (Wildman–Crippen MR) is 120 cm³/mol. The number of carbonyl (C=O) groups excluding carboxylic acids is 1. The SMILES string of the molecule is CN(C(=O)Cc1ccc(Cl)c(Cl)c1)[C@@H]1CCC2(CCCS2)C[C@H]1N1CCCC1. The van der Waals surface area contributed by atoms with Crippen molar-refractivity contribution < 1.29 is 4.79 Å². The molecule has 3 aliphatic rings. The van der Waals surface area contributed by atoms with Crippen LogP contribution in [0.1, 0.15) is 50.5 Å². The van der Waals surface area contributed by atoms with Crippen molar-refractivity contribution >= 4 is 40.9 Å². The van der Waals surface area contributed by atoms with E-state index in [9.17, 15) is 4.79 Å². The van der Waals surface area contributed by atoms with Crippen molar-refractivity contribution in [3.8, 4) is 0 Å². The van der Waals surface area contributed by atoms with E-state index in [0.717, 1.165) is 12.0 Å². The molecule has 3 atom stereocenters. The van der Waals surface area contributed by atoms with E-state index in [0.29, 0.717) is 33.3 Å². The highest BCUT2D eigenvalue weighted by Gasteiger charge is 2.47. The summed E-state index contributed by atoms with van der Waals surface area (Å²) >= 11 is 14.4. The second-order valence-corrected chi connectivity index (χ2v) is 11.1. The first kappa shape index (κ1) is 20.8. The topological polar surface area (TPSA) is 23.6 Å². The first-order chi connectivity index (χ1) is 13.5. The molecular weight excluding hydrogens is 411 g/mol. The van der Waals surface area contributed by atoms with Gasteiger partial charge in [-0.05, 0) is 81.5 Å². The molecule has 0 aromatic heterocycles. The number of benzene rings is 1. The first-order valence-electron chi connectivity index (χ1n) is 10.6. The minimum atomic E-state index is 0.183. The van der Waals surface area contributed by atoms with Gasteiger partial charge in [-0.15, -0.1) is 0 Å². The highest BCUT2D eigenvalue weighted by molar-refractivity contribution is 8.00. The number of carbonyl (C=O) groups is 1. The van der Waals surface area contributed by atoms with Gasteiger partial charge >= 0.3 is 0 Å². The maximum atomic E-state index is 13.1. The molecule has 0 radical (unpaired) electrons. The van der Waals surface area contributed by atoms with Gasteiger partial charge in [-0.25, -0.2) is 0 Å². The Labute approximate surface area is 183 Å². The minimum absolute atomic E-state index is 0.183. The molecular formula is C22H30Cl2N2OS. The van der Waals surface area contributed by atoms with Crippen molar-refractivity contribution in [2.75, 3.05) is 25.9 Å².